The summed E-state index contributed by atoms with van der Waals surface area (Å²) in [6, 6.07) is 0. The molecule has 5 nitrogen and oxygen atoms in total. The van der Waals surface area contributed by atoms with E-state index in [0.717, 1.165) is 6.26 Å². The van der Waals surface area contributed by atoms with Crippen molar-refractivity contribution in [3.05, 3.63) is 0 Å². The molecule has 1 saturated heterocycles. The Hall–Kier alpha value is -0.620. The van der Waals surface area contributed by atoms with Gasteiger partial charge in [0, 0.05) is 19.3 Å². The minimum Gasteiger partial charge on any atom is -0.372 e. The molecule has 0 radical (unpaired) electrons. The molecule has 0 aromatic carbocycles. The molecule has 0 N–H and O–H groups in total. The first-order valence-corrected chi connectivity index (χ1v) is 7.30. The molecule has 1 rings (SSSR count). The summed E-state index contributed by atoms with van der Waals surface area (Å²) in [5.74, 6) is -0.329. The molecule has 94 valence electrons. The van der Waals surface area contributed by atoms with Crippen molar-refractivity contribution in [2.24, 2.45) is 0 Å². The molecule has 16 heavy (non-hydrogen) atoms. The third-order valence-electron chi connectivity index (χ3n) is 2.72. The second kappa shape index (κ2) is 4.71. The minimum atomic E-state index is -3.32. The quantitative estimate of drug-likeness (QED) is 0.694. The Balaban J connectivity index is 2.74. The average Bonchev–Trinajstić information content (AvgIpc) is 2.12. The highest BCUT2D eigenvalue weighted by Gasteiger charge is 2.32. The van der Waals surface area contributed by atoms with Gasteiger partial charge in [0.25, 0.3) is 0 Å². The van der Waals surface area contributed by atoms with Gasteiger partial charge < -0.3 is 9.64 Å². The van der Waals surface area contributed by atoms with E-state index in [1.54, 1.807) is 4.90 Å². The fraction of sp³-hybridized carbons (Fsp3) is 0.900. The Bertz CT molecular complexity index is 355. The minimum absolute atomic E-state index is 0.0422. The van der Waals surface area contributed by atoms with Crippen LogP contribution in [0.1, 0.15) is 20.8 Å². The van der Waals surface area contributed by atoms with Crippen molar-refractivity contribution in [3.8, 4) is 0 Å². The van der Waals surface area contributed by atoms with Crippen molar-refractivity contribution >= 4 is 15.7 Å². The van der Waals surface area contributed by atoms with Gasteiger partial charge >= 0.3 is 0 Å². The lowest BCUT2D eigenvalue weighted by molar-refractivity contribution is -0.142. The number of carbonyl (C=O) groups excluding carboxylic acids is 1. The predicted octanol–water partition coefficient (Wildman–Crippen LogP) is 0.0553. The van der Waals surface area contributed by atoms with Crippen LogP contribution in [0, 0.1) is 0 Å². The summed E-state index contributed by atoms with van der Waals surface area (Å²) in [4.78, 5) is 13.5. The van der Waals surface area contributed by atoms with Gasteiger partial charge in [-0.05, 0) is 20.8 Å². The number of hydrogen-bond donors (Lipinski definition) is 0. The van der Waals surface area contributed by atoms with E-state index in [1.807, 2.05) is 13.8 Å². The Morgan fingerprint density at radius 3 is 2.12 bits per heavy atom. The number of hydrogen-bond acceptors (Lipinski definition) is 4. The first-order valence-electron chi connectivity index (χ1n) is 5.35. The zero-order valence-corrected chi connectivity index (χ0v) is 11.0. The van der Waals surface area contributed by atoms with Gasteiger partial charge in [0.15, 0.2) is 9.84 Å². The molecule has 6 heteroatoms. The number of sulfone groups is 1. The Labute approximate surface area is 96.7 Å². The van der Waals surface area contributed by atoms with E-state index in [-0.39, 0.29) is 18.1 Å². The summed E-state index contributed by atoms with van der Waals surface area (Å²) < 4.78 is 28.1. The van der Waals surface area contributed by atoms with Crippen LogP contribution in [-0.2, 0) is 19.4 Å². The maximum absolute atomic E-state index is 11.9. The molecule has 1 aliphatic heterocycles. The van der Waals surface area contributed by atoms with Gasteiger partial charge in [0.05, 0.1) is 12.2 Å². The molecule has 1 aliphatic rings. The third kappa shape index (κ3) is 3.18. The van der Waals surface area contributed by atoms with Crippen molar-refractivity contribution < 1.29 is 17.9 Å². The summed E-state index contributed by atoms with van der Waals surface area (Å²) in [6.07, 6.45) is 1.00. The van der Waals surface area contributed by atoms with Crippen LogP contribution >= 0.6 is 0 Å². The maximum Gasteiger partial charge on any atom is 0.240 e. The number of nitrogens with zero attached hydrogens (tertiary/aromatic N) is 1. The molecule has 0 aromatic heterocycles. The SMILES string of the molecule is C[C@@H]1CN(C(=O)[C@H](C)S(C)(=O)=O)C[C@H](C)O1. The van der Waals surface area contributed by atoms with Crippen molar-refractivity contribution in [3.63, 3.8) is 0 Å². The number of ether oxygens (including phenoxy) is 1. The van der Waals surface area contributed by atoms with Gasteiger partial charge in [-0.3, -0.25) is 4.79 Å². The lowest BCUT2D eigenvalue weighted by Gasteiger charge is -2.36. The van der Waals surface area contributed by atoms with E-state index in [2.05, 4.69) is 0 Å². The van der Waals surface area contributed by atoms with Gasteiger partial charge in [-0.2, -0.15) is 0 Å². The summed E-state index contributed by atoms with van der Waals surface area (Å²) in [6.45, 7) is 6.11. The number of amides is 1. The average molecular weight is 249 g/mol. The molecule has 0 unspecified atom stereocenters. The van der Waals surface area contributed by atoms with E-state index in [4.69, 9.17) is 4.74 Å². The van der Waals surface area contributed by atoms with Crippen LogP contribution in [0.4, 0.5) is 0 Å². The van der Waals surface area contributed by atoms with Crippen LogP contribution in [0.15, 0.2) is 0 Å². The highest BCUT2D eigenvalue weighted by atomic mass is 32.2. The van der Waals surface area contributed by atoms with Gasteiger partial charge in [0.1, 0.15) is 5.25 Å². The number of morpholine rings is 1. The standard InChI is InChI=1S/C10H19NO4S/c1-7-5-11(6-8(2)15-7)10(12)9(3)16(4,13)14/h7-9H,5-6H2,1-4H3/t7-,8+,9-/m0/s1. The van der Waals surface area contributed by atoms with E-state index in [0.29, 0.717) is 13.1 Å². The van der Waals surface area contributed by atoms with Crippen molar-refractivity contribution in [1.29, 1.82) is 0 Å². The molecule has 0 aliphatic carbocycles. The molecule has 0 aromatic rings. The van der Waals surface area contributed by atoms with Crippen molar-refractivity contribution in [1.82, 2.24) is 4.90 Å². The molecule has 0 bridgehead atoms. The van der Waals surface area contributed by atoms with E-state index >= 15 is 0 Å². The van der Waals surface area contributed by atoms with Gasteiger partial charge in [-0.25, -0.2) is 8.42 Å². The monoisotopic (exact) mass is 249 g/mol. The van der Waals surface area contributed by atoms with Gasteiger partial charge in [-0.15, -0.1) is 0 Å². The fourth-order valence-electron chi connectivity index (χ4n) is 1.80. The summed E-state index contributed by atoms with van der Waals surface area (Å²) in [5.41, 5.74) is 0. The summed E-state index contributed by atoms with van der Waals surface area (Å²) >= 11 is 0. The Morgan fingerprint density at radius 2 is 1.75 bits per heavy atom. The molecule has 1 fully saturated rings. The van der Waals surface area contributed by atoms with E-state index in [9.17, 15) is 13.2 Å². The molecule has 1 heterocycles. The van der Waals surface area contributed by atoms with Crippen LogP contribution in [0.2, 0.25) is 0 Å². The zero-order valence-electron chi connectivity index (χ0n) is 10.1. The van der Waals surface area contributed by atoms with Crippen LogP contribution < -0.4 is 0 Å². The Kier molecular flexibility index (Phi) is 3.96. The molecule has 1 amide bonds. The highest BCUT2D eigenvalue weighted by molar-refractivity contribution is 7.92. The van der Waals surface area contributed by atoms with Gasteiger partial charge in [0.2, 0.25) is 5.91 Å². The first-order chi connectivity index (χ1) is 7.21. The Morgan fingerprint density at radius 1 is 1.31 bits per heavy atom. The largest absolute Gasteiger partial charge is 0.372 e. The smallest absolute Gasteiger partial charge is 0.240 e. The predicted molar refractivity (Wildman–Crippen MR) is 60.9 cm³/mol. The topological polar surface area (TPSA) is 63.7 Å². The lowest BCUT2D eigenvalue weighted by atomic mass is 10.2. The highest BCUT2D eigenvalue weighted by Crippen LogP contribution is 2.13. The summed E-state index contributed by atoms with van der Waals surface area (Å²) in [7, 11) is -3.32. The normalized spacial score (nSPS) is 28.9. The van der Waals surface area contributed by atoms with Crippen LogP contribution in [-0.4, -0.2) is 56.0 Å². The summed E-state index contributed by atoms with van der Waals surface area (Å²) in [5, 5.41) is -0.968. The molecular formula is C10H19NO4S. The first kappa shape index (κ1) is 13.4. The number of carbonyl (C=O) groups is 1. The molecule has 0 saturated carbocycles. The van der Waals surface area contributed by atoms with Crippen LogP contribution in [0.25, 0.3) is 0 Å². The van der Waals surface area contributed by atoms with Crippen LogP contribution in [0.3, 0.4) is 0 Å². The lowest BCUT2D eigenvalue weighted by Crippen LogP contribution is -2.52. The maximum atomic E-state index is 11.9. The van der Waals surface area contributed by atoms with Crippen LogP contribution in [0.5, 0.6) is 0 Å². The third-order valence-corrected chi connectivity index (χ3v) is 4.21. The molecule has 3 atom stereocenters. The van der Waals surface area contributed by atoms with Crippen molar-refractivity contribution in [2.75, 3.05) is 19.3 Å². The van der Waals surface area contributed by atoms with E-state index in [1.165, 1.54) is 6.92 Å². The second-order valence-corrected chi connectivity index (χ2v) is 6.84. The number of rotatable bonds is 2. The molecular weight excluding hydrogens is 230 g/mol. The van der Waals surface area contributed by atoms with Crippen molar-refractivity contribution in [2.45, 2.75) is 38.2 Å². The fourth-order valence-corrected chi connectivity index (χ4v) is 2.31. The molecule has 0 spiro atoms. The second-order valence-electron chi connectivity index (χ2n) is 4.47. The van der Waals surface area contributed by atoms with Gasteiger partial charge in [-0.1, -0.05) is 0 Å². The van der Waals surface area contributed by atoms with E-state index < -0.39 is 15.1 Å². The zero-order chi connectivity index (χ0) is 12.5.